The molecular formula is C18H30O3Si. The fourth-order valence-corrected chi connectivity index (χ4v) is 4.35. The van der Waals surface area contributed by atoms with Crippen molar-refractivity contribution in [3.05, 3.63) is 0 Å². The van der Waals surface area contributed by atoms with Crippen LogP contribution < -0.4 is 0 Å². The van der Waals surface area contributed by atoms with Crippen molar-refractivity contribution in [2.75, 3.05) is 13.2 Å². The quantitative estimate of drug-likeness (QED) is 0.420. The van der Waals surface area contributed by atoms with Gasteiger partial charge in [-0.3, -0.25) is 0 Å². The van der Waals surface area contributed by atoms with E-state index in [-0.39, 0.29) is 10.8 Å². The number of hydrogen-bond acceptors (Lipinski definition) is 3. The van der Waals surface area contributed by atoms with Crippen LogP contribution in [0.4, 0.5) is 0 Å². The summed E-state index contributed by atoms with van der Waals surface area (Å²) in [5, 5.41) is 0. The molecule has 0 unspecified atom stereocenters. The Balaban J connectivity index is 2.86. The van der Waals surface area contributed by atoms with Crippen LogP contribution in [0.15, 0.2) is 0 Å². The van der Waals surface area contributed by atoms with Gasteiger partial charge in [0.2, 0.25) is 0 Å². The Labute approximate surface area is 137 Å². The van der Waals surface area contributed by atoms with Gasteiger partial charge in [-0.15, -0.1) is 12.8 Å². The van der Waals surface area contributed by atoms with Crippen LogP contribution in [0.1, 0.15) is 40.5 Å². The van der Waals surface area contributed by atoms with Crippen LogP contribution in [0.25, 0.3) is 0 Å². The predicted molar refractivity (Wildman–Crippen MR) is 92.5 cm³/mol. The van der Waals surface area contributed by atoms with E-state index < -0.39 is 14.3 Å². The molecule has 4 heteroatoms. The van der Waals surface area contributed by atoms with Crippen molar-refractivity contribution in [2.45, 2.75) is 65.6 Å². The lowest BCUT2D eigenvalue weighted by atomic mass is 9.96. The fraction of sp³-hybridized carbons (Fsp3) is 0.778. The molecule has 22 heavy (non-hydrogen) atoms. The largest absolute Gasteiger partial charge is 0.369 e. The topological polar surface area (TPSA) is 27.7 Å². The number of ether oxygens (including phenoxy) is 2. The average molecular weight is 323 g/mol. The monoisotopic (exact) mass is 322 g/mol. The lowest BCUT2D eigenvalue weighted by molar-refractivity contribution is -0.365. The highest BCUT2D eigenvalue weighted by atomic mass is 28.4. The Morgan fingerprint density at radius 2 is 1.50 bits per heavy atom. The zero-order chi connectivity index (χ0) is 17.1. The first kappa shape index (κ1) is 19.3. The average Bonchev–Trinajstić information content (AvgIpc) is 2.43. The summed E-state index contributed by atoms with van der Waals surface area (Å²) < 4.78 is 18.5. The third kappa shape index (κ3) is 5.78. The highest BCUT2D eigenvalue weighted by Crippen LogP contribution is 2.37. The molecule has 0 N–H and O–H groups in total. The molecule has 1 saturated heterocycles. The van der Waals surface area contributed by atoms with E-state index >= 15 is 0 Å². The third-order valence-corrected chi connectivity index (χ3v) is 6.20. The van der Waals surface area contributed by atoms with E-state index in [2.05, 4.69) is 24.9 Å². The minimum Gasteiger partial charge on any atom is -0.369 e. The van der Waals surface area contributed by atoms with Gasteiger partial charge in [0.25, 0.3) is 5.97 Å². The minimum atomic E-state index is -1.79. The highest BCUT2D eigenvalue weighted by molar-refractivity contribution is 6.71. The molecule has 1 aliphatic heterocycles. The van der Waals surface area contributed by atoms with Gasteiger partial charge >= 0.3 is 0 Å². The van der Waals surface area contributed by atoms with Gasteiger partial charge in [0.1, 0.15) is 0 Å². The molecule has 0 aromatic carbocycles. The Morgan fingerprint density at radius 3 is 1.86 bits per heavy atom. The summed E-state index contributed by atoms with van der Waals surface area (Å²) in [7, 11) is -1.79. The van der Waals surface area contributed by atoms with Crippen molar-refractivity contribution in [2.24, 2.45) is 10.8 Å². The summed E-state index contributed by atoms with van der Waals surface area (Å²) in [6.07, 6.45) is 12.9. The second-order valence-corrected chi connectivity index (χ2v) is 12.3. The molecule has 0 atom stereocenters. The molecule has 0 bridgehead atoms. The Bertz CT molecular complexity index is 436. The van der Waals surface area contributed by atoms with E-state index in [1.165, 1.54) is 0 Å². The van der Waals surface area contributed by atoms with E-state index in [1.54, 1.807) is 0 Å². The van der Waals surface area contributed by atoms with Crippen LogP contribution in [-0.4, -0.2) is 27.5 Å². The molecule has 0 radical (unpaired) electrons. The molecule has 124 valence electrons. The molecule has 1 aliphatic rings. The van der Waals surface area contributed by atoms with Gasteiger partial charge in [0.15, 0.2) is 8.32 Å². The smallest absolute Gasteiger partial charge is 0.273 e. The maximum absolute atomic E-state index is 6.30. The highest BCUT2D eigenvalue weighted by Gasteiger charge is 2.45. The zero-order valence-corrected chi connectivity index (χ0v) is 15.9. The van der Waals surface area contributed by atoms with Gasteiger partial charge in [-0.1, -0.05) is 11.8 Å². The lowest BCUT2D eigenvalue weighted by Gasteiger charge is -2.45. The molecule has 1 rings (SSSR count). The van der Waals surface area contributed by atoms with Crippen LogP contribution in [0.2, 0.25) is 19.1 Å². The maximum atomic E-state index is 6.30. The van der Waals surface area contributed by atoms with Crippen molar-refractivity contribution in [3.8, 4) is 24.7 Å². The molecule has 3 nitrogen and oxygen atoms in total. The Morgan fingerprint density at radius 1 is 1.05 bits per heavy atom. The maximum Gasteiger partial charge on any atom is 0.273 e. The van der Waals surface area contributed by atoms with Crippen LogP contribution in [-0.2, 0) is 13.9 Å². The summed E-state index contributed by atoms with van der Waals surface area (Å²) in [6, 6.07) is 1.11. The normalized spacial score (nSPS) is 20.9. The molecule has 0 aromatic rings. The van der Waals surface area contributed by atoms with Crippen LogP contribution in [0.5, 0.6) is 0 Å². The second-order valence-electron chi connectivity index (χ2n) is 8.03. The van der Waals surface area contributed by atoms with Gasteiger partial charge in [-0.2, -0.15) is 0 Å². The number of hydrogen-bond donors (Lipinski definition) is 0. The first-order valence-electron chi connectivity index (χ1n) is 7.89. The molecule has 0 aromatic heterocycles. The van der Waals surface area contributed by atoms with Gasteiger partial charge in [0, 0.05) is 17.3 Å². The first-order valence-corrected chi connectivity index (χ1v) is 11.0. The predicted octanol–water partition coefficient (Wildman–Crippen LogP) is 4.01. The standard InChI is InChI=1S/C18H30O3Si/c1-9-16(3,4)14-19-18(20-15-17(5,6)10-2)12-11-13-22(7,8)21-18/h1-2H,11-15H2,3-8H3. The minimum absolute atomic E-state index is 0.357. The Hall–Kier alpha value is -0.783. The van der Waals surface area contributed by atoms with Crippen LogP contribution in [0.3, 0.4) is 0 Å². The molecular weight excluding hydrogens is 292 g/mol. The lowest BCUT2D eigenvalue weighted by Crippen LogP contribution is -2.53. The summed E-state index contributed by atoms with van der Waals surface area (Å²) in [5.41, 5.74) is -0.713. The summed E-state index contributed by atoms with van der Waals surface area (Å²) in [6.45, 7) is 13.0. The van der Waals surface area contributed by atoms with E-state index in [1.807, 2.05) is 27.7 Å². The third-order valence-electron chi connectivity index (χ3n) is 3.78. The van der Waals surface area contributed by atoms with Crippen molar-refractivity contribution in [1.29, 1.82) is 0 Å². The Kier molecular flexibility index (Phi) is 5.92. The molecule has 1 fully saturated rings. The van der Waals surface area contributed by atoms with Crippen molar-refractivity contribution >= 4 is 8.32 Å². The van der Waals surface area contributed by atoms with Gasteiger partial charge in [-0.25, -0.2) is 0 Å². The van der Waals surface area contributed by atoms with E-state index in [0.29, 0.717) is 19.6 Å². The fourth-order valence-electron chi connectivity index (χ4n) is 2.16. The van der Waals surface area contributed by atoms with E-state index in [9.17, 15) is 0 Å². The first-order chi connectivity index (χ1) is 9.95. The SMILES string of the molecule is C#CC(C)(C)COC1(OCC(C)(C)C#C)CCC[Si](C)(C)O1. The van der Waals surface area contributed by atoms with E-state index in [4.69, 9.17) is 26.7 Å². The molecule has 1 heterocycles. The zero-order valence-electron chi connectivity index (χ0n) is 14.9. The van der Waals surface area contributed by atoms with Crippen LogP contribution in [0, 0.1) is 35.5 Å². The molecule has 0 saturated carbocycles. The van der Waals surface area contributed by atoms with Gasteiger partial charge < -0.3 is 13.9 Å². The summed E-state index contributed by atoms with van der Waals surface area (Å²) in [5.74, 6) is 4.49. The molecule has 0 spiro atoms. The number of terminal acetylenes is 2. The van der Waals surface area contributed by atoms with Crippen LogP contribution >= 0.6 is 0 Å². The van der Waals surface area contributed by atoms with Gasteiger partial charge in [-0.05, 0) is 53.3 Å². The van der Waals surface area contributed by atoms with Crippen molar-refractivity contribution in [3.63, 3.8) is 0 Å². The summed E-state index contributed by atoms with van der Waals surface area (Å²) in [4.78, 5) is 0. The number of rotatable bonds is 6. The molecule has 0 amide bonds. The van der Waals surface area contributed by atoms with E-state index in [0.717, 1.165) is 12.5 Å². The van der Waals surface area contributed by atoms with Crippen molar-refractivity contribution in [1.82, 2.24) is 0 Å². The van der Waals surface area contributed by atoms with Gasteiger partial charge in [0.05, 0.1) is 13.2 Å². The molecule has 0 aliphatic carbocycles. The van der Waals surface area contributed by atoms with Crippen molar-refractivity contribution < 1.29 is 13.9 Å². The second kappa shape index (κ2) is 6.77. The summed E-state index contributed by atoms with van der Waals surface area (Å²) >= 11 is 0.